The second kappa shape index (κ2) is 11.0. The molecule has 1 unspecified atom stereocenters. The highest BCUT2D eigenvalue weighted by atomic mass is 35.5. The van der Waals surface area contributed by atoms with Crippen LogP contribution in [0.4, 0.5) is 13.2 Å². The molecule has 0 saturated carbocycles. The largest absolute Gasteiger partial charge is 0.437 e. The standard InChI is InChI=1S/C28H23ClF3N5O2/c1-16-6-7-19(17(2)12-16)13-21-15-38-37-26(34-21)24-23(18-8-10-33-11-9-18)25(29)35-36-27(24)39-22-5-3-4-20(14-22)28(30,31)32/h3-12,14,21H,13,15H2,1-2H3,(H,34,37). The van der Waals surface area contributed by atoms with E-state index in [4.69, 9.17) is 26.2 Å². The van der Waals surface area contributed by atoms with Crippen molar-refractivity contribution >= 4 is 17.4 Å². The minimum Gasteiger partial charge on any atom is -0.437 e. The molecule has 0 bridgehead atoms. The highest BCUT2D eigenvalue weighted by Gasteiger charge is 2.31. The van der Waals surface area contributed by atoms with Crippen LogP contribution in [0.15, 0.2) is 72.0 Å². The number of hydroxylamine groups is 1. The normalized spacial score (nSPS) is 15.4. The molecule has 5 rings (SSSR count). The SMILES string of the molecule is Cc1ccc(CC2CONC(c3c(Oc4cccc(C(F)(F)F)c4)nnc(Cl)c3-c3ccncc3)=N2)c(C)c1. The van der Waals surface area contributed by atoms with Crippen molar-refractivity contribution in [3.05, 3.63) is 100.0 Å². The summed E-state index contributed by atoms with van der Waals surface area (Å²) in [5, 5.41) is 8.14. The van der Waals surface area contributed by atoms with Crippen molar-refractivity contribution in [1.82, 2.24) is 20.7 Å². The quantitative estimate of drug-likeness (QED) is 0.293. The van der Waals surface area contributed by atoms with Gasteiger partial charge in [0.2, 0.25) is 0 Å². The van der Waals surface area contributed by atoms with Crippen molar-refractivity contribution in [3.8, 4) is 22.8 Å². The minimum absolute atomic E-state index is 0.0496. The highest BCUT2D eigenvalue weighted by Crippen LogP contribution is 2.38. The van der Waals surface area contributed by atoms with E-state index in [1.807, 2.05) is 19.9 Å². The molecular weight excluding hydrogens is 531 g/mol. The van der Waals surface area contributed by atoms with Crippen LogP contribution < -0.4 is 10.2 Å². The molecule has 0 amide bonds. The molecule has 3 heterocycles. The lowest BCUT2D eigenvalue weighted by Crippen LogP contribution is -2.37. The monoisotopic (exact) mass is 553 g/mol. The van der Waals surface area contributed by atoms with Crippen molar-refractivity contribution < 1.29 is 22.7 Å². The Morgan fingerprint density at radius 3 is 2.56 bits per heavy atom. The predicted molar refractivity (Wildman–Crippen MR) is 141 cm³/mol. The number of halogens is 4. The van der Waals surface area contributed by atoms with Gasteiger partial charge in [0.15, 0.2) is 11.0 Å². The number of ether oxygens (including phenoxy) is 1. The lowest BCUT2D eigenvalue weighted by molar-refractivity contribution is -0.137. The fraction of sp³-hybridized carbons (Fsp3) is 0.214. The summed E-state index contributed by atoms with van der Waals surface area (Å²) in [7, 11) is 0. The van der Waals surface area contributed by atoms with Crippen molar-refractivity contribution in [2.75, 3.05) is 6.61 Å². The van der Waals surface area contributed by atoms with Gasteiger partial charge in [-0.1, -0.05) is 41.4 Å². The number of hydrogen-bond acceptors (Lipinski definition) is 7. The van der Waals surface area contributed by atoms with Gasteiger partial charge in [-0.2, -0.15) is 13.2 Å². The molecule has 0 aliphatic carbocycles. The topological polar surface area (TPSA) is 81.5 Å². The molecule has 1 N–H and O–H groups in total. The van der Waals surface area contributed by atoms with Gasteiger partial charge < -0.3 is 4.74 Å². The fourth-order valence-electron chi connectivity index (χ4n) is 4.32. The first-order valence-electron chi connectivity index (χ1n) is 12.0. The second-order valence-electron chi connectivity index (χ2n) is 9.09. The molecule has 1 atom stereocenters. The first-order valence-corrected chi connectivity index (χ1v) is 12.4. The van der Waals surface area contributed by atoms with E-state index in [1.54, 1.807) is 24.5 Å². The van der Waals surface area contributed by atoms with Crippen LogP contribution in [0.1, 0.15) is 27.8 Å². The van der Waals surface area contributed by atoms with Gasteiger partial charge in [-0.25, -0.2) is 5.48 Å². The zero-order valence-electron chi connectivity index (χ0n) is 21.0. The Balaban J connectivity index is 1.60. The number of nitrogens with one attached hydrogen (secondary N) is 1. The van der Waals surface area contributed by atoms with Gasteiger partial charge >= 0.3 is 6.18 Å². The highest BCUT2D eigenvalue weighted by molar-refractivity contribution is 6.33. The van der Waals surface area contributed by atoms with E-state index in [9.17, 15) is 13.2 Å². The summed E-state index contributed by atoms with van der Waals surface area (Å²) in [4.78, 5) is 14.6. The Labute approximate surface area is 227 Å². The smallest absolute Gasteiger partial charge is 0.416 e. The van der Waals surface area contributed by atoms with Gasteiger partial charge in [0.1, 0.15) is 5.75 Å². The second-order valence-corrected chi connectivity index (χ2v) is 9.45. The van der Waals surface area contributed by atoms with E-state index in [1.165, 1.54) is 12.1 Å². The van der Waals surface area contributed by atoms with Crippen molar-refractivity contribution in [1.29, 1.82) is 0 Å². The maximum absolute atomic E-state index is 13.3. The van der Waals surface area contributed by atoms with Crippen LogP contribution in [0, 0.1) is 13.8 Å². The molecule has 2 aromatic heterocycles. The van der Waals surface area contributed by atoms with Gasteiger partial charge in [0, 0.05) is 18.0 Å². The fourth-order valence-corrected chi connectivity index (χ4v) is 4.56. The lowest BCUT2D eigenvalue weighted by Gasteiger charge is -2.25. The van der Waals surface area contributed by atoms with E-state index in [0.717, 1.165) is 28.8 Å². The lowest BCUT2D eigenvalue weighted by atomic mass is 9.99. The molecule has 0 spiro atoms. The predicted octanol–water partition coefficient (Wildman–Crippen LogP) is 6.51. The number of hydrogen-bond donors (Lipinski definition) is 1. The summed E-state index contributed by atoms with van der Waals surface area (Å²) in [5.41, 5.74) is 6.74. The van der Waals surface area contributed by atoms with Crippen LogP contribution in [-0.4, -0.2) is 33.7 Å². The third-order valence-corrected chi connectivity index (χ3v) is 6.45. The number of nitrogens with zero attached hydrogens (tertiary/aromatic N) is 4. The molecule has 39 heavy (non-hydrogen) atoms. The summed E-state index contributed by atoms with van der Waals surface area (Å²) in [6.45, 7) is 4.38. The van der Waals surface area contributed by atoms with Crippen LogP contribution in [0.3, 0.4) is 0 Å². The van der Waals surface area contributed by atoms with Gasteiger partial charge in [-0.15, -0.1) is 10.2 Å². The molecule has 4 aromatic rings. The van der Waals surface area contributed by atoms with Crippen LogP contribution >= 0.6 is 11.6 Å². The third-order valence-electron chi connectivity index (χ3n) is 6.19. The number of pyridine rings is 1. The van der Waals surface area contributed by atoms with Gasteiger partial charge in [0.25, 0.3) is 5.88 Å². The molecule has 1 aliphatic heterocycles. The van der Waals surface area contributed by atoms with E-state index in [2.05, 4.69) is 32.8 Å². The van der Waals surface area contributed by atoms with Gasteiger partial charge in [-0.3, -0.25) is 14.8 Å². The number of aliphatic imine (C=N–C) groups is 1. The summed E-state index contributed by atoms with van der Waals surface area (Å²) >= 11 is 6.52. The average Bonchev–Trinajstić information content (AvgIpc) is 2.91. The molecule has 2 aromatic carbocycles. The summed E-state index contributed by atoms with van der Waals surface area (Å²) < 4.78 is 45.9. The van der Waals surface area contributed by atoms with Crippen molar-refractivity contribution in [3.63, 3.8) is 0 Å². The molecule has 7 nitrogen and oxygen atoms in total. The first kappa shape index (κ1) is 26.6. The molecule has 11 heteroatoms. The van der Waals surface area contributed by atoms with Crippen LogP contribution in [0.5, 0.6) is 11.6 Å². The molecule has 0 radical (unpaired) electrons. The Hall–Kier alpha value is -4.02. The average molecular weight is 554 g/mol. The van der Waals surface area contributed by atoms with Gasteiger partial charge in [-0.05, 0) is 67.3 Å². The Bertz CT molecular complexity index is 1530. The number of aromatic nitrogens is 3. The Morgan fingerprint density at radius 1 is 1.03 bits per heavy atom. The molecule has 1 aliphatic rings. The molecule has 0 saturated heterocycles. The van der Waals surface area contributed by atoms with Crippen LogP contribution in [0.25, 0.3) is 11.1 Å². The van der Waals surface area contributed by atoms with Crippen molar-refractivity contribution in [2.45, 2.75) is 32.5 Å². The molecule has 0 fully saturated rings. The molecular formula is C28H23ClF3N5O2. The summed E-state index contributed by atoms with van der Waals surface area (Å²) in [6.07, 6.45) is -0.768. The maximum Gasteiger partial charge on any atom is 0.416 e. The van der Waals surface area contributed by atoms with Crippen molar-refractivity contribution in [2.24, 2.45) is 4.99 Å². The number of rotatable bonds is 6. The number of benzene rings is 2. The number of alkyl halides is 3. The van der Waals surface area contributed by atoms with E-state index in [0.29, 0.717) is 29.7 Å². The van der Waals surface area contributed by atoms with Crippen LogP contribution in [0.2, 0.25) is 5.15 Å². The third kappa shape index (κ3) is 6.02. The summed E-state index contributed by atoms with van der Waals surface area (Å²) in [5.74, 6) is 0.0988. The zero-order chi connectivity index (χ0) is 27.6. The number of amidine groups is 1. The zero-order valence-corrected chi connectivity index (χ0v) is 21.7. The Kier molecular flexibility index (Phi) is 7.49. The Morgan fingerprint density at radius 2 is 1.82 bits per heavy atom. The first-order chi connectivity index (χ1) is 18.7. The number of aryl methyl sites for hydroxylation is 2. The van der Waals surface area contributed by atoms with E-state index < -0.39 is 11.7 Å². The minimum atomic E-state index is -4.54. The maximum atomic E-state index is 13.3. The molecule has 200 valence electrons. The summed E-state index contributed by atoms with van der Waals surface area (Å²) in [6, 6.07) is 13.9. The van der Waals surface area contributed by atoms with Crippen LogP contribution in [-0.2, 0) is 17.4 Å². The van der Waals surface area contributed by atoms with Gasteiger partial charge in [0.05, 0.1) is 23.8 Å². The van der Waals surface area contributed by atoms with E-state index >= 15 is 0 Å². The van der Waals surface area contributed by atoms with E-state index in [-0.39, 0.29) is 28.7 Å².